The average molecular weight is 319 g/mol. The van der Waals surface area contributed by atoms with E-state index in [9.17, 15) is 0 Å². The van der Waals surface area contributed by atoms with Gasteiger partial charge in [0.05, 0.1) is 7.11 Å². The molecule has 0 aliphatic carbocycles. The largest absolute Gasteiger partial charge is 0.468 e. The molecule has 22 heavy (non-hydrogen) atoms. The first-order valence-corrected chi connectivity index (χ1v) is 6.88. The number of nitriles is 1. The van der Waals surface area contributed by atoms with Crippen LogP contribution >= 0.6 is 11.3 Å². The Hall–Kier alpha value is -3.06. The number of aromatic nitrogens is 1. The zero-order valence-electron chi connectivity index (χ0n) is 11.6. The number of aliphatic imine (C=N–C) groups is 2. The molecule has 2 rings (SSSR count). The van der Waals surface area contributed by atoms with Gasteiger partial charge in [-0.05, 0) is 12.1 Å². The fourth-order valence-electron chi connectivity index (χ4n) is 1.49. The van der Waals surface area contributed by atoms with E-state index in [4.69, 9.17) is 25.9 Å². The van der Waals surface area contributed by atoms with Crippen LogP contribution < -0.4 is 16.8 Å². The molecular formula is C12H13N7O2S. The van der Waals surface area contributed by atoms with E-state index < -0.39 is 0 Å². The summed E-state index contributed by atoms with van der Waals surface area (Å²) in [6.45, 7) is 0.225. The summed E-state index contributed by atoms with van der Waals surface area (Å²) in [5.74, 6) is 1.12. The van der Waals surface area contributed by atoms with E-state index in [2.05, 4.69) is 20.3 Å². The van der Waals surface area contributed by atoms with Crippen LogP contribution in [0, 0.1) is 11.5 Å². The highest BCUT2D eigenvalue weighted by molar-refractivity contribution is 7.13. The number of hydrogen-bond acceptors (Lipinski definition) is 7. The first-order chi connectivity index (χ1) is 10.6. The van der Waals surface area contributed by atoms with Gasteiger partial charge >= 0.3 is 0 Å². The Kier molecular flexibility index (Phi) is 4.94. The number of nitrogens with two attached hydrogens (primary N) is 2. The van der Waals surface area contributed by atoms with Crippen LogP contribution in [0.5, 0.6) is 0 Å². The molecule has 0 spiro atoms. The molecule has 5 N–H and O–H groups in total. The van der Waals surface area contributed by atoms with Crippen LogP contribution in [0.1, 0.15) is 5.76 Å². The van der Waals surface area contributed by atoms with Crippen LogP contribution in [0.25, 0.3) is 11.5 Å². The number of furan rings is 1. The monoisotopic (exact) mass is 319 g/mol. The minimum absolute atomic E-state index is 0.0486. The maximum Gasteiger partial charge on any atom is 0.298 e. The Labute approximate surface area is 129 Å². The molecule has 114 valence electrons. The number of methoxy groups -OCH3 is 1. The standard InChI is InChI=1S/C12H13N7O2S/c1-20-11(17-6-13)16-4-7-2-3-9(21-7)8-5-22-12(18-8)19-10(14)15/h2-3,5H,4H2,1H3,(H,16,17)(H4,14,15,18,19). The second kappa shape index (κ2) is 7.09. The molecule has 2 aromatic heterocycles. The Bertz CT molecular complexity index is 737. The van der Waals surface area contributed by atoms with E-state index in [1.165, 1.54) is 18.4 Å². The fraction of sp³-hybridized carbons (Fsp3) is 0.167. The van der Waals surface area contributed by atoms with Crippen molar-refractivity contribution in [2.45, 2.75) is 6.54 Å². The van der Waals surface area contributed by atoms with Crippen LogP contribution in [-0.2, 0) is 11.3 Å². The summed E-state index contributed by atoms with van der Waals surface area (Å²) in [5, 5.41) is 13.0. The van der Waals surface area contributed by atoms with E-state index in [0.29, 0.717) is 22.3 Å². The molecule has 0 unspecified atom stereocenters. The molecule has 0 radical (unpaired) electrons. The van der Waals surface area contributed by atoms with Gasteiger partial charge in [-0.1, -0.05) is 0 Å². The van der Waals surface area contributed by atoms with Crippen molar-refractivity contribution >= 4 is 28.4 Å². The number of nitrogens with zero attached hydrogens (tertiary/aromatic N) is 4. The lowest BCUT2D eigenvalue weighted by atomic mass is 10.3. The smallest absolute Gasteiger partial charge is 0.298 e. The van der Waals surface area contributed by atoms with Gasteiger partial charge in [0, 0.05) is 5.38 Å². The SMILES string of the molecule is COC(=NCc1ccc(-c2csc(N=C(N)N)n2)o1)NC#N. The van der Waals surface area contributed by atoms with Gasteiger partial charge in [-0.3, -0.25) is 0 Å². The first-order valence-electron chi connectivity index (χ1n) is 6.00. The summed E-state index contributed by atoms with van der Waals surface area (Å²) < 4.78 is 10.5. The molecule has 10 heteroatoms. The van der Waals surface area contributed by atoms with Crippen molar-refractivity contribution in [3.8, 4) is 17.6 Å². The lowest BCUT2D eigenvalue weighted by molar-refractivity contribution is 0.384. The molecule has 2 heterocycles. The molecule has 0 bridgehead atoms. The Balaban J connectivity index is 2.10. The van der Waals surface area contributed by atoms with Crippen molar-refractivity contribution in [1.29, 1.82) is 5.26 Å². The molecular weight excluding hydrogens is 306 g/mol. The Morgan fingerprint density at radius 1 is 1.55 bits per heavy atom. The molecule has 0 aliphatic heterocycles. The average Bonchev–Trinajstić information content (AvgIpc) is 3.11. The highest BCUT2D eigenvalue weighted by atomic mass is 32.1. The number of nitrogens with one attached hydrogen (secondary N) is 1. The zero-order chi connectivity index (χ0) is 15.9. The van der Waals surface area contributed by atoms with Crippen LogP contribution in [0.15, 0.2) is 31.9 Å². The summed E-state index contributed by atoms with van der Waals surface area (Å²) in [7, 11) is 1.41. The summed E-state index contributed by atoms with van der Waals surface area (Å²) in [5.41, 5.74) is 11.2. The zero-order valence-corrected chi connectivity index (χ0v) is 12.4. The van der Waals surface area contributed by atoms with Gasteiger partial charge in [0.15, 0.2) is 17.9 Å². The van der Waals surface area contributed by atoms with Crippen molar-refractivity contribution in [2.75, 3.05) is 7.11 Å². The van der Waals surface area contributed by atoms with Gasteiger partial charge in [-0.2, -0.15) is 10.3 Å². The molecule has 0 fully saturated rings. The summed E-state index contributed by atoms with van der Waals surface area (Å²) in [4.78, 5) is 12.1. The van der Waals surface area contributed by atoms with Crippen LogP contribution in [0.4, 0.5) is 5.13 Å². The van der Waals surface area contributed by atoms with Crippen LogP contribution in [-0.4, -0.2) is 24.1 Å². The predicted molar refractivity (Wildman–Crippen MR) is 82.2 cm³/mol. The Morgan fingerprint density at radius 2 is 2.36 bits per heavy atom. The maximum absolute atomic E-state index is 8.50. The summed E-state index contributed by atoms with van der Waals surface area (Å²) >= 11 is 1.30. The van der Waals surface area contributed by atoms with E-state index in [1.54, 1.807) is 23.7 Å². The number of hydrogen-bond donors (Lipinski definition) is 3. The molecule has 0 amide bonds. The molecule has 0 saturated carbocycles. The molecule has 0 aromatic carbocycles. The van der Waals surface area contributed by atoms with E-state index in [-0.39, 0.29) is 18.5 Å². The molecule has 0 aliphatic rings. The molecule has 0 saturated heterocycles. The quantitative estimate of drug-likeness (QED) is 0.328. The number of thiazole rings is 1. The normalized spacial score (nSPS) is 10.8. The second-order valence-electron chi connectivity index (χ2n) is 3.88. The third-order valence-electron chi connectivity index (χ3n) is 2.37. The third-order valence-corrected chi connectivity index (χ3v) is 3.10. The minimum atomic E-state index is -0.0486. The Morgan fingerprint density at radius 3 is 3.05 bits per heavy atom. The molecule has 0 atom stereocenters. The van der Waals surface area contributed by atoms with E-state index in [1.807, 2.05) is 0 Å². The van der Waals surface area contributed by atoms with E-state index >= 15 is 0 Å². The van der Waals surface area contributed by atoms with E-state index in [0.717, 1.165) is 0 Å². The van der Waals surface area contributed by atoms with Gasteiger partial charge in [0.25, 0.3) is 6.02 Å². The lowest BCUT2D eigenvalue weighted by Crippen LogP contribution is -2.21. The number of rotatable bonds is 4. The van der Waals surface area contributed by atoms with Crippen molar-refractivity contribution in [3.05, 3.63) is 23.3 Å². The van der Waals surface area contributed by atoms with Gasteiger partial charge in [-0.15, -0.1) is 11.3 Å². The second-order valence-corrected chi connectivity index (χ2v) is 4.72. The minimum Gasteiger partial charge on any atom is -0.468 e. The summed E-state index contributed by atoms with van der Waals surface area (Å²) in [6.07, 6.45) is 1.73. The lowest BCUT2D eigenvalue weighted by Gasteiger charge is -1.99. The molecule has 9 nitrogen and oxygen atoms in total. The highest BCUT2D eigenvalue weighted by Gasteiger charge is 2.09. The fourth-order valence-corrected chi connectivity index (χ4v) is 2.19. The van der Waals surface area contributed by atoms with Crippen molar-refractivity contribution in [3.63, 3.8) is 0 Å². The highest BCUT2D eigenvalue weighted by Crippen LogP contribution is 2.28. The van der Waals surface area contributed by atoms with Crippen LogP contribution in [0.3, 0.4) is 0 Å². The van der Waals surface area contributed by atoms with Gasteiger partial charge in [0.1, 0.15) is 18.0 Å². The van der Waals surface area contributed by atoms with Crippen molar-refractivity contribution in [2.24, 2.45) is 21.5 Å². The predicted octanol–water partition coefficient (Wildman–Crippen LogP) is 0.881. The first kappa shape index (κ1) is 15.3. The van der Waals surface area contributed by atoms with Crippen molar-refractivity contribution < 1.29 is 9.15 Å². The van der Waals surface area contributed by atoms with Gasteiger partial charge in [0.2, 0.25) is 5.13 Å². The number of guanidine groups is 1. The van der Waals surface area contributed by atoms with Gasteiger partial charge in [-0.25, -0.2) is 15.3 Å². The van der Waals surface area contributed by atoms with Crippen LogP contribution in [0.2, 0.25) is 0 Å². The third kappa shape index (κ3) is 3.97. The topological polar surface area (TPSA) is 148 Å². The number of amidine groups is 1. The van der Waals surface area contributed by atoms with Crippen molar-refractivity contribution in [1.82, 2.24) is 10.3 Å². The van der Waals surface area contributed by atoms with Gasteiger partial charge < -0.3 is 20.6 Å². The molecule has 2 aromatic rings. The number of ether oxygens (including phenoxy) is 1. The maximum atomic E-state index is 8.50. The summed E-state index contributed by atoms with van der Waals surface area (Å²) in [6, 6.07) is 3.64.